The first-order valence-corrected chi connectivity index (χ1v) is 11.4. The van der Waals surface area contributed by atoms with Crippen molar-refractivity contribution in [3.8, 4) is 11.3 Å². The van der Waals surface area contributed by atoms with Gasteiger partial charge in [0.1, 0.15) is 0 Å². The number of hydrogen-bond donors (Lipinski definition) is 1. The number of likely N-dealkylation sites (tertiary alicyclic amines) is 1. The Kier molecular flexibility index (Phi) is 5.52. The van der Waals surface area contributed by atoms with Gasteiger partial charge in [-0.3, -0.25) is 9.67 Å². The Hall–Kier alpha value is -2.31. The van der Waals surface area contributed by atoms with Crippen LogP contribution < -0.4 is 5.73 Å². The molecule has 3 heterocycles. The Morgan fingerprint density at radius 1 is 1.10 bits per heavy atom. The number of rotatable bonds is 6. The normalized spacial score (nSPS) is 23.0. The number of fused-ring (bicyclic) bond motifs is 1. The minimum Gasteiger partial charge on any atom is -0.330 e. The van der Waals surface area contributed by atoms with E-state index in [1.165, 1.54) is 50.8 Å². The van der Waals surface area contributed by atoms with E-state index in [-0.39, 0.29) is 0 Å². The van der Waals surface area contributed by atoms with Crippen LogP contribution in [0.5, 0.6) is 0 Å². The fourth-order valence-corrected chi connectivity index (χ4v) is 4.99. The Labute approximate surface area is 178 Å². The highest BCUT2D eigenvalue weighted by molar-refractivity contribution is 5.77. The molecule has 5 rings (SSSR count). The van der Waals surface area contributed by atoms with E-state index in [0.717, 1.165) is 41.2 Å². The summed E-state index contributed by atoms with van der Waals surface area (Å²) in [6.45, 7) is 3.14. The van der Waals surface area contributed by atoms with Gasteiger partial charge in [0.2, 0.25) is 0 Å². The van der Waals surface area contributed by atoms with Gasteiger partial charge >= 0.3 is 0 Å². The van der Waals surface area contributed by atoms with Gasteiger partial charge in [-0.1, -0.05) is 6.07 Å². The van der Waals surface area contributed by atoms with Gasteiger partial charge in [-0.25, -0.2) is 4.98 Å². The molecule has 158 valence electrons. The van der Waals surface area contributed by atoms with Crippen molar-refractivity contribution in [1.82, 2.24) is 24.6 Å². The molecular formula is C24H32N6. The van der Waals surface area contributed by atoms with Crippen LogP contribution in [0.1, 0.15) is 56.0 Å². The molecule has 0 amide bonds. The second-order valence-electron chi connectivity index (χ2n) is 9.21. The number of nitrogens with zero attached hydrogens (tertiary/aromatic N) is 5. The zero-order chi connectivity index (χ0) is 20.5. The minimum atomic E-state index is 0.520. The van der Waals surface area contributed by atoms with E-state index in [2.05, 4.69) is 46.1 Å². The first-order valence-electron chi connectivity index (χ1n) is 11.4. The lowest BCUT2D eigenvalue weighted by molar-refractivity contribution is 0.171. The lowest BCUT2D eigenvalue weighted by Crippen LogP contribution is -2.29. The Morgan fingerprint density at radius 2 is 1.93 bits per heavy atom. The maximum Gasteiger partial charge on any atom is 0.0924 e. The van der Waals surface area contributed by atoms with Gasteiger partial charge in [0.25, 0.3) is 0 Å². The molecule has 6 nitrogen and oxygen atoms in total. The monoisotopic (exact) mass is 404 g/mol. The highest BCUT2D eigenvalue weighted by Gasteiger charge is 2.30. The van der Waals surface area contributed by atoms with E-state index in [1.807, 2.05) is 12.4 Å². The maximum absolute atomic E-state index is 5.63. The average Bonchev–Trinajstić information content (AvgIpc) is 3.22. The van der Waals surface area contributed by atoms with Crippen LogP contribution in [-0.4, -0.2) is 51.3 Å². The van der Waals surface area contributed by atoms with Gasteiger partial charge < -0.3 is 10.6 Å². The highest BCUT2D eigenvalue weighted by atomic mass is 15.3. The van der Waals surface area contributed by atoms with Gasteiger partial charge in [0.15, 0.2) is 0 Å². The minimum absolute atomic E-state index is 0.520. The summed E-state index contributed by atoms with van der Waals surface area (Å²) in [5.41, 5.74) is 10.9. The van der Waals surface area contributed by atoms with Gasteiger partial charge in [-0.05, 0) is 94.7 Å². The lowest BCUT2D eigenvalue weighted by atomic mass is 9.77. The van der Waals surface area contributed by atoms with Crippen molar-refractivity contribution in [1.29, 1.82) is 0 Å². The summed E-state index contributed by atoms with van der Waals surface area (Å²) in [6.07, 6.45) is 13.2. The summed E-state index contributed by atoms with van der Waals surface area (Å²) in [5.74, 6) is 1.45. The molecule has 1 aliphatic carbocycles. The molecule has 3 aromatic rings. The molecule has 6 heteroatoms. The highest BCUT2D eigenvalue weighted by Crippen LogP contribution is 2.40. The van der Waals surface area contributed by atoms with Crippen molar-refractivity contribution in [3.63, 3.8) is 0 Å². The van der Waals surface area contributed by atoms with Crippen LogP contribution in [0, 0.1) is 5.92 Å². The van der Waals surface area contributed by atoms with Crippen molar-refractivity contribution in [2.45, 2.75) is 50.5 Å². The smallest absolute Gasteiger partial charge is 0.0924 e. The lowest BCUT2D eigenvalue weighted by Gasteiger charge is -2.35. The van der Waals surface area contributed by atoms with Crippen molar-refractivity contribution in [2.75, 3.05) is 26.7 Å². The first kappa shape index (κ1) is 19.6. The van der Waals surface area contributed by atoms with Crippen molar-refractivity contribution in [3.05, 3.63) is 42.4 Å². The Morgan fingerprint density at radius 3 is 2.73 bits per heavy atom. The maximum atomic E-state index is 5.63. The van der Waals surface area contributed by atoms with Gasteiger partial charge in [-0.2, -0.15) is 5.10 Å². The van der Waals surface area contributed by atoms with Crippen molar-refractivity contribution >= 4 is 11.0 Å². The summed E-state index contributed by atoms with van der Waals surface area (Å²) >= 11 is 0. The van der Waals surface area contributed by atoms with Crippen LogP contribution in [-0.2, 0) is 0 Å². The van der Waals surface area contributed by atoms with E-state index < -0.39 is 0 Å². The standard InChI is InChI=1S/C24H32N6/c1-29-9-6-18(7-10-29)19-4-5-22-23(13-19)26-15-24(28-22)20-14-27-30(16-20)21-11-17(12-21)3-2-8-25/h4-5,13-18,21H,2-3,6-12,25H2,1H3. The van der Waals surface area contributed by atoms with E-state index in [0.29, 0.717) is 12.0 Å². The number of benzene rings is 1. The average molecular weight is 405 g/mol. The summed E-state index contributed by atoms with van der Waals surface area (Å²) in [5, 5.41) is 4.61. The molecule has 2 aromatic heterocycles. The van der Waals surface area contributed by atoms with E-state index in [9.17, 15) is 0 Å². The second kappa shape index (κ2) is 8.44. The predicted molar refractivity (Wildman–Crippen MR) is 120 cm³/mol. The van der Waals surface area contributed by atoms with Gasteiger partial charge in [0, 0.05) is 11.8 Å². The van der Waals surface area contributed by atoms with Crippen molar-refractivity contribution in [2.24, 2.45) is 11.7 Å². The van der Waals surface area contributed by atoms with Crippen LogP contribution in [0.4, 0.5) is 0 Å². The fourth-order valence-electron chi connectivity index (χ4n) is 4.99. The van der Waals surface area contributed by atoms with Crippen molar-refractivity contribution < 1.29 is 0 Å². The Bertz CT molecular complexity index is 998. The quantitative estimate of drug-likeness (QED) is 0.672. The zero-order valence-corrected chi connectivity index (χ0v) is 17.9. The first-order chi connectivity index (χ1) is 14.7. The molecular weight excluding hydrogens is 372 g/mol. The summed E-state index contributed by atoms with van der Waals surface area (Å²) in [7, 11) is 2.21. The molecule has 2 N–H and O–H groups in total. The molecule has 0 spiro atoms. The molecule has 1 aromatic carbocycles. The molecule has 0 radical (unpaired) electrons. The second-order valence-corrected chi connectivity index (χ2v) is 9.21. The Balaban J connectivity index is 1.29. The van der Waals surface area contributed by atoms with Gasteiger partial charge in [-0.15, -0.1) is 0 Å². The fraction of sp³-hybridized carbons (Fsp3) is 0.542. The summed E-state index contributed by atoms with van der Waals surface area (Å²) < 4.78 is 2.11. The van der Waals surface area contributed by atoms with Gasteiger partial charge in [0.05, 0.1) is 35.2 Å². The zero-order valence-electron chi connectivity index (χ0n) is 17.9. The van der Waals surface area contributed by atoms with Crippen LogP contribution in [0.3, 0.4) is 0 Å². The summed E-state index contributed by atoms with van der Waals surface area (Å²) in [4.78, 5) is 12.0. The summed E-state index contributed by atoms with van der Waals surface area (Å²) in [6, 6.07) is 7.14. The van der Waals surface area contributed by atoms with Crippen LogP contribution in [0.25, 0.3) is 22.3 Å². The SMILES string of the molecule is CN1CCC(c2ccc3nc(-c4cnn(C5CC(CCCN)C5)c4)cnc3c2)CC1. The van der Waals surface area contributed by atoms with E-state index in [1.54, 1.807) is 0 Å². The third-order valence-corrected chi connectivity index (χ3v) is 7.05. The molecule has 1 aliphatic heterocycles. The number of nitrogens with two attached hydrogens (primary N) is 1. The van der Waals surface area contributed by atoms with E-state index >= 15 is 0 Å². The molecule has 0 bridgehead atoms. The number of piperidine rings is 1. The third kappa shape index (κ3) is 3.98. The van der Waals surface area contributed by atoms with Crippen LogP contribution in [0.2, 0.25) is 0 Å². The molecule has 30 heavy (non-hydrogen) atoms. The molecule has 0 atom stereocenters. The molecule has 1 saturated heterocycles. The molecule has 0 unspecified atom stereocenters. The predicted octanol–water partition coefficient (Wildman–Crippen LogP) is 3.99. The van der Waals surface area contributed by atoms with E-state index in [4.69, 9.17) is 15.7 Å². The number of aromatic nitrogens is 4. The third-order valence-electron chi connectivity index (χ3n) is 7.05. The number of hydrogen-bond acceptors (Lipinski definition) is 5. The molecule has 2 aliphatic rings. The molecule has 1 saturated carbocycles. The molecule has 2 fully saturated rings. The van der Waals surface area contributed by atoms with Crippen LogP contribution >= 0.6 is 0 Å². The topological polar surface area (TPSA) is 72.9 Å². The largest absolute Gasteiger partial charge is 0.330 e. The van der Waals surface area contributed by atoms with Crippen LogP contribution in [0.15, 0.2) is 36.8 Å².